The molecule has 5 nitrogen and oxygen atoms in total. The van der Waals surface area contributed by atoms with E-state index >= 15 is 0 Å². The minimum absolute atomic E-state index is 0. The number of hydrogen-bond acceptors (Lipinski definition) is 10. The maximum atomic E-state index is 7.83. The second kappa shape index (κ2) is 109. The Morgan fingerprint density at radius 1 is 0.159 bits per heavy atom. The number of thiocarbonyl (C=S) groups is 4. The van der Waals surface area contributed by atoms with Gasteiger partial charge >= 0.3 is 21.1 Å². The van der Waals surface area contributed by atoms with Crippen LogP contribution in [0.15, 0.2) is 0 Å². The molecule has 15 heteroatoms. The predicted molar refractivity (Wildman–Crippen MR) is 512 cm³/mol. The van der Waals surface area contributed by atoms with E-state index in [0.29, 0.717) is 17.3 Å². The molecule has 0 aromatic carbocycles. The van der Waals surface area contributed by atoms with Crippen LogP contribution in [0, 0.1) is 0 Å². The molecule has 0 saturated carbocycles. The van der Waals surface area contributed by atoms with Gasteiger partial charge in [-0.3, -0.25) is 0 Å². The predicted octanol–water partition coefficient (Wildman–Crippen LogP) is 32.4. The smallest absolute Gasteiger partial charge is 0.411 e. The van der Waals surface area contributed by atoms with Crippen LogP contribution in [-0.4, -0.2) is 93.4 Å². The van der Waals surface area contributed by atoms with Crippen LogP contribution in [0.5, 0.6) is 0 Å². The average molecular weight is 1750 g/mol. The molecule has 0 saturated heterocycles. The van der Waals surface area contributed by atoms with Crippen molar-refractivity contribution in [3.8, 4) is 0 Å². The van der Waals surface area contributed by atoms with Crippen molar-refractivity contribution in [2.75, 3.05) is 52.4 Å². The molecule has 638 valence electrons. The van der Waals surface area contributed by atoms with Gasteiger partial charge in [-0.15, -0.1) is 0 Å². The minimum Gasteiger partial charge on any atom is -0.411 e. The van der Waals surface area contributed by atoms with E-state index in [4.69, 9.17) is 104 Å². The molecule has 0 unspecified atom stereocenters. The summed E-state index contributed by atoms with van der Waals surface area (Å²) in [7, 11) is 0. The van der Waals surface area contributed by atoms with Gasteiger partial charge in [-0.25, -0.2) is 0 Å². The normalized spacial score (nSPS) is 10.7. The van der Waals surface area contributed by atoms with Crippen LogP contribution in [0.4, 0.5) is 0 Å². The van der Waals surface area contributed by atoms with E-state index in [0.717, 1.165) is 52.4 Å². The largest absolute Gasteiger partial charge is 4.00 e. The molecule has 0 rings (SSSR count). The third-order valence-electron chi connectivity index (χ3n) is 21.3. The van der Waals surface area contributed by atoms with Gasteiger partial charge in [0, 0.05) is 52.4 Å². The van der Waals surface area contributed by atoms with Gasteiger partial charge < -0.3 is 119 Å². The summed E-state index contributed by atoms with van der Waals surface area (Å²) in [5.74, 6) is 0. The zero-order valence-corrected chi connectivity index (χ0v) is 82.2. The minimum atomic E-state index is 0. The third kappa shape index (κ3) is 107. The molecule has 0 aliphatic rings. The van der Waals surface area contributed by atoms with Crippen molar-refractivity contribution in [2.45, 2.75) is 518 Å². The molecule has 0 atom stereocenters. The van der Waals surface area contributed by atoms with Gasteiger partial charge in [0.05, 0.1) is 0 Å². The fourth-order valence-electron chi connectivity index (χ4n) is 14.1. The molecule has 0 aliphatic carbocycles. The van der Waals surface area contributed by atoms with Crippen molar-refractivity contribution < 1.29 is 25.3 Å². The van der Waals surface area contributed by atoms with E-state index in [1.807, 2.05) is 0 Å². The Kier molecular flexibility index (Phi) is 121. The maximum absolute atomic E-state index is 7.83. The monoisotopic (exact) mass is 1750 g/mol. The van der Waals surface area contributed by atoms with Crippen LogP contribution in [0.3, 0.4) is 0 Å². The second-order valence-corrected chi connectivity index (χ2v) is 35.8. The van der Waals surface area contributed by atoms with Crippen molar-refractivity contribution in [1.29, 1.82) is 0 Å². The van der Waals surface area contributed by atoms with Gasteiger partial charge in [-0.05, 0) is 51.4 Å². The summed E-state index contributed by atoms with van der Waals surface area (Å²) in [6.45, 7) is 26.9. The number of rotatable bonds is 80. The first-order valence-electron chi connectivity index (χ1n) is 46.9. The summed E-state index contributed by atoms with van der Waals surface area (Å²) in [5, 5.41) is 0. The Hall–Kier alpha value is 1.15. The Bertz CT molecular complexity index is 1360. The number of nitrogens with zero attached hydrogens (tertiary/aromatic N) is 4. The summed E-state index contributed by atoms with van der Waals surface area (Å²) < 4.78 is 10.6. The summed E-state index contributed by atoms with van der Waals surface area (Å²) in [4.78, 5) is 9.08. The molecule has 0 aromatic heterocycles. The van der Waals surface area contributed by atoms with Crippen LogP contribution in [0.1, 0.15) is 518 Å². The van der Waals surface area contributed by atoms with Crippen molar-refractivity contribution in [3.05, 3.63) is 0 Å². The molecule has 0 radical (unpaired) electrons. The molecule has 0 fully saturated rings. The SMILES string of the molecule is CCCCCCCCCCCN(CCCCCCCCCCC)C(=S)[S-].CCCCCCCCCCCN(CCCCCCCCCCC)C(=S)[S-].CCCCCCCCCCCN(CCCCCCCCCCC)C(=S)[S-].CCCCCCCCCCCN(CCCCCCCCCCC)C(=S)[S-].O=S.[Mo+4]. The first-order chi connectivity index (χ1) is 51.9. The molecule has 0 spiro atoms. The second-order valence-electron chi connectivity index (χ2n) is 31.6. The quantitative estimate of drug-likeness (QED) is 0.0251. The molecule has 0 aliphatic heterocycles. The summed E-state index contributed by atoms with van der Waals surface area (Å²) in [5.41, 5.74) is 0. The van der Waals surface area contributed by atoms with Crippen molar-refractivity contribution in [1.82, 2.24) is 19.6 Å². The van der Waals surface area contributed by atoms with Gasteiger partial charge in [0.15, 0.2) is 12.5 Å². The molecule has 107 heavy (non-hydrogen) atoms. The zero-order valence-electron chi connectivity index (χ0n) is 72.8. The summed E-state index contributed by atoms with van der Waals surface area (Å²) in [6.07, 6.45) is 99.1. The van der Waals surface area contributed by atoms with E-state index < -0.39 is 0 Å². The zero-order chi connectivity index (χ0) is 79.2. The number of hydrogen-bond donors (Lipinski definition) is 0. The van der Waals surface area contributed by atoms with Gasteiger partial charge in [0.1, 0.15) is 0 Å². The van der Waals surface area contributed by atoms with E-state index in [1.54, 1.807) is 0 Å². The fourth-order valence-corrected chi connectivity index (χ4v) is 15.5. The summed E-state index contributed by atoms with van der Waals surface area (Å²) in [6, 6.07) is 0. The van der Waals surface area contributed by atoms with Crippen molar-refractivity contribution >= 4 is 129 Å². The average Bonchev–Trinajstić information content (AvgIpc) is 1.08. The third-order valence-corrected chi connectivity index (χ3v) is 23.4. The molecule has 0 bridgehead atoms. The first kappa shape index (κ1) is 119. The van der Waals surface area contributed by atoms with E-state index in [9.17, 15) is 0 Å². The van der Waals surface area contributed by atoms with Crippen LogP contribution in [0.2, 0.25) is 0 Å². The van der Waals surface area contributed by atoms with Crippen molar-refractivity contribution in [2.24, 2.45) is 0 Å². The Labute approximate surface area is 737 Å². The Balaban J connectivity index is -0.000000314. The molecule has 0 amide bonds. The molecule has 0 heterocycles. The summed E-state index contributed by atoms with van der Waals surface area (Å²) >= 11 is 45.1. The topological polar surface area (TPSA) is 30.0 Å². The van der Waals surface area contributed by atoms with Crippen LogP contribution in [0.25, 0.3) is 0 Å². The number of unbranched alkanes of at least 4 members (excludes halogenated alkanes) is 64. The van der Waals surface area contributed by atoms with Gasteiger partial charge in [-0.2, -0.15) is 4.21 Å². The van der Waals surface area contributed by atoms with Crippen LogP contribution in [-0.2, 0) is 84.1 Å². The van der Waals surface area contributed by atoms with E-state index in [-0.39, 0.29) is 21.1 Å². The van der Waals surface area contributed by atoms with Crippen LogP contribution < -0.4 is 0 Å². The first-order valence-corrected chi connectivity index (χ1v) is 50.5. The van der Waals surface area contributed by atoms with Crippen molar-refractivity contribution in [3.63, 3.8) is 0 Å². The van der Waals surface area contributed by atoms with Gasteiger partial charge in [0.25, 0.3) is 0 Å². The standard InChI is InChI=1S/4C23H47NS2.Mo.OS/c4*1-3-5-7-9-11-13-15-17-19-21-24(23(25)26)22-20-18-16-14-12-10-8-6-4-2;;1-2/h4*3-22H2,1-2H3,(H,25,26);;/q;;;;+4;/p-4. The molecule has 0 aromatic rings. The van der Waals surface area contributed by atoms with Gasteiger partial charge in [-0.1, -0.05) is 484 Å². The van der Waals surface area contributed by atoms with Gasteiger partial charge in [0.2, 0.25) is 0 Å². The van der Waals surface area contributed by atoms with E-state index in [2.05, 4.69) is 87.5 Å². The molecule has 0 N–H and O–H groups in total. The maximum Gasteiger partial charge on any atom is 4.00 e. The molecular weight excluding hydrogens is 1560 g/mol. The molecular formula is C92H184MoN4OS9. The van der Waals surface area contributed by atoms with E-state index in [1.165, 1.54) is 462 Å². The Morgan fingerprint density at radius 2 is 0.224 bits per heavy atom. The fraction of sp³-hybridized carbons (Fsp3) is 0.957. The van der Waals surface area contributed by atoms with Crippen LogP contribution >= 0.6 is 48.9 Å². The Morgan fingerprint density at radius 3 is 0.290 bits per heavy atom.